The monoisotopic (exact) mass is 455 g/mol. The van der Waals surface area contributed by atoms with E-state index in [2.05, 4.69) is 58.5 Å². The Balaban J connectivity index is 1.55. The Kier molecular flexibility index (Phi) is 7.20. The molecule has 0 saturated carbocycles. The number of fused-ring (bicyclic) bond motifs is 1. The van der Waals surface area contributed by atoms with Crippen molar-refractivity contribution < 1.29 is 0 Å². The van der Waals surface area contributed by atoms with E-state index in [1.54, 1.807) is 0 Å². The number of aryl methyl sites for hydroxylation is 2. The molecule has 2 N–H and O–H groups in total. The molecule has 0 amide bonds. The lowest BCUT2D eigenvalue weighted by molar-refractivity contribution is 0.398. The molecule has 3 aromatic carbocycles. The van der Waals surface area contributed by atoms with E-state index in [9.17, 15) is 4.79 Å². The maximum Gasteiger partial charge on any atom is 0.253 e. The van der Waals surface area contributed by atoms with Gasteiger partial charge in [-0.05, 0) is 66.2 Å². The van der Waals surface area contributed by atoms with Crippen molar-refractivity contribution in [3.8, 4) is 0 Å². The van der Waals surface area contributed by atoms with Gasteiger partial charge in [0, 0.05) is 18.7 Å². The van der Waals surface area contributed by atoms with Gasteiger partial charge < -0.3 is 15.2 Å². The number of pyridine rings is 1. The third kappa shape index (κ3) is 5.68. The minimum absolute atomic E-state index is 0.0682. The average Bonchev–Trinajstić information content (AvgIpc) is 2.83. The summed E-state index contributed by atoms with van der Waals surface area (Å²) >= 11 is 5.77. The molecule has 0 aliphatic heterocycles. The molecule has 0 spiro atoms. The third-order valence-corrected chi connectivity index (χ3v) is 6.43. The zero-order chi connectivity index (χ0) is 23.2. The van der Waals surface area contributed by atoms with E-state index in [0.717, 1.165) is 35.0 Å². The first-order chi connectivity index (χ1) is 16.0. The molecule has 1 aromatic heterocycles. The van der Waals surface area contributed by atoms with E-state index < -0.39 is 0 Å². The highest BCUT2D eigenvalue weighted by Gasteiger charge is 2.15. The van der Waals surface area contributed by atoms with Crippen LogP contribution < -0.4 is 10.9 Å². The Labute approximate surface area is 200 Å². The average molecular weight is 456 g/mol. The number of benzene rings is 3. The molecule has 0 fully saturated rings. The van der Waals surface area contributed by atoms with Crippen LogP contribution >= 0.6 is 12.2 Å². The van der Waals surface area contributed by atoms with Crippen molar-refractivity contribution in [1.29, 1.82) is 0 Å². The van der Waals surface area contributed by atoms with Gasteiger partial charge >= 0.3 is 0 Å². The van der Waals surface area contributed by atoms with Crippen LogP contribution in [0.1, 0.15) is 27.8 Å². The standard InChI is InChI=1S/C28H29N3OS/c1-20-13-14-24-17-25(27(32)30-26(24)21(20)2)19-31(18-23-11-7-4-8-12-23)28(33)29-16-15-22-9-5-3-6-10-22/h3-14,17H,15-16,18-19H2,1-2H3,(H,29,33)(H,30,32). The molecule has 0 saturated heterocycles. The number of nitrogens with one attached hydrogen (secondary N) is 2. The molecule has 1 heterocycles. The van der Waals surface area contributed by atoms with E-state index in [-0.39, 0.29) is 5.56 Å². The molecule has 4 aromatic rings. The molecule has 4 rings (SSSR count). The summed E-state index contributed by atoms with van der Waals surface area (Å²) in [7, 11) is 0. The van der Waals surface area contributed by atoms with Gasteiger partial charge in [-0.1, -0.05) is 72.8 Å². The van der Waals surface area contributed by atoms with Crippen molar-refractivity contribution in [3.63, 3.8) is 0 Å². The number of H-pyrrole nitrogens is 1. The fourth-order valence-corrected chi connectivity index (χ4v) is 4.20. The largest absolute Gasteiger partial charge is 0.362 e. The van der Waals surface area contributed by atoms with Gasteiger partial charge in [-0.2, -0.15) is 0 Å². The first-order valence-corrected chi connectivity index (χ1v) is 11.6. The smallest absolute Gasteiger partial charge is 0.253 e. The number of nitrogens with zero attached hydrogens (tertiary/aromatic N) is 1. The Bertz CT molecular complexity index is 1300. The molecule has 0 atom stereocenters. The van der Waals surface area contributed by atoms with Gasteiger partial charge in [0.15, 0.2) is 5.11 Å². The summed E-state index contributed by atoms with van der Waals surface area (Å²) in [6.07, 6.45) is 0.884. The van der Waals surface area contributed by atoms with E-state index in [0.29, 0.717) is 23.8 Å². The van der Waals surface area contributed by atoms with Gasteiger partial charge in [-0.25, -0.2) is 0 Å². The predicted octanol–water partition coefficient (Wildman–Crippen LogP) is 5.26. The lowest BCUT2D eigenvalue weighted by atomic mass is 10.0. The summed E-state index contributed by atoms with van der Waals surface area (Å²) in [6.45, 7) is 5.90. The van der Waals surface area contributed by atoms with Gasteiger partial charge in [-0.3, -0.25) is 4.79 Å². The normalized spacial score (nSPS) is 10.8. The molecule has 0 bridgehead atoms. The number of aromatic nitrogens is 1. The Morgan fingerprint density at radius 1 is 0.909 bits per heavy atom. The Morgan fingerprint density at radius 2 is 1.58 bits per heavy atom. The predicted molar refractivity (Wildman–Crippen MR) is 140 cm³/mol. The fraction of sp³-hybridized carbons (Fsp3) is 0.214. The molecular weight excluding hydrogens is 426 g/mol. The van der Waals surface area contributed by atoms with Crippen LogP contribution in [0, 0.1) is 13.8 Å². The maximum atomic E-state index is 13.0. The minimum atomic E-state index is -0.0682. The van der Waals surface area contributed by atoms with Crippen LogP contribution in [0.4, 0.5) is 0 Å². The molecule has 0 radical (unpaired) electrons. The van der Waals surface area contributed by atoms with E-state index >= 15 is 0 Å². The van der Waals surface area contributed by atoms with Crippen LogP contribution in [0.5, 0.6) is 0 Å². The topological polar surface area (TPSA) is 48.1 Å². The highest BCUT2D eigenvalue weighted by Crippen LogP contribution is 2.20. The maximum absolute atomic E-state index is 13.0. The lowest BCUT2D eigenvalue weighted by Gasteiger charge is -2.26. The highest BCUT2D eigenvalue weighted by atomic mass is 32.1. The Morgan fingerprint density at radius 3 is 2.27 bits per heavy atom. The fourth-order valence-electron chi connectivity index (χ4n) is 3.97. The van der Waals surface area contributed by atoms with Gasteiger partial charge in [0.25, 0.3) is 5.56 Å². The Hall–Kier alpha value is -3.44. The number of hydrogen-bond acceptors (Lipinski definition) is 2. The first kappa shape index (κ1) is 22.7. The van der Waals surface area contributed by atoms with Gasteiger partial charge in [0.2, 0.25) is 0 Å². The third-order valence-electron chi connectivity index (χ3n) is 6.03. The molecule has 4 nitrogen and oxygen atoms in total. The number of hydrogen-bond donors (Lipinski definition) is 2. The zero-order valence-electron chi connectivity index (χ0n) is 19.1. The summed E-state index contributed by atoms with van der Waals surface area (Å²) in [5.41, 5.74) is 6.22. The molecule has 0 unspecified atom stereocenters. The summed E-state index contributed by atoms with van der Waals surface area (Å²) in [5.74, 6) is 0. The molecule has 5 heteroatoms. The van der Waals surface area contributed by atoms with Crippen molar-refractivity contribution in [2.45, 2.75) is 33.4 Å². The summed E-state index contributed by atoms with van der Waals surface area (Å²) < 4.78 is 0. The summed E-state index contributed by atoms with van der Waals surface area (Å²) in [5, 5.41) is 5.07. The van der Waals surface area contributed by atoms with Crippen LogP contribution in [0.2, 0.25) is 0 Å². The zero-order valence-corrected chi connectivity index (χ0v) is 19.9. The van der Waals surface area contributed by atoms with Crippen LogP contribution in [-0.4, -0.2) is 21.5 Å². The van der Waals surface area contributed by atoms with Gasteiger partial charge in [0.1, 0.15) is 0 Å². The minimum Gasteiger partial charge on any atom is -0.362 e. The number of rotatable bonds is 7. The quantitative estimate of drug-likeness (QED) is 0.373. The second-order valence-corrected chi connectivity index (χ2v) is 8.79. The van der Waals surface area contributed by atoms with Crippen molar-refractivity contribution in [3.05, 3.63) is 117 Å². The van der Waals surface area contributed by atoms with Gasteiger partial charge in [-0.15, -0.1) is 0 Å². The van der Waals surface area contributed by atoms with Crippen molar-refractivity contribution >= 4 is 28.2 Å². The van der Waals surface area contributed by atoms with Crippen LogP contribution in [0.25, 0.3) is 10.9 Å². The first-order valence-electron chi connectivity index (χ1n) is 11.2. The van der Waals surface area contributed by atoms with E-state index in [1.165, 1.54) is 11.1 Å². The lowest BCUT2D eigenvalue weighted by Crippen LogP contribution is -2.40. The number of thiocarbonyl (C=S) groups is 1. The van der Waals surface area contributed by atoms with Crippen LogP contribution in [0.3, 0.4) is 0 Å². The van der Waals surface area contributed by atoms with Crippen molar-refractivity contribution in [1.82, 2.24) is 15.2 Å². The highest BCUT2D eigenvalue weighted by molar-refractivity contribution is 7.80. The van der Waals surface area contributed by atoms with Crippen LogP contribution in [-0.2, 0) is 19.5 Å². The molecule has 0 aliphatic carbocycles. The summed E-state index contributed by atoms with van der Waals surface area (Å²) in [4.78, 5) is 18.1. The SMILES string of the molecule is Cc1ccc2cc(CN(Cc3ccccc3)C(=S)NCCc3ccccc3)c(=O)[nH]c2c1C. The number of aromatic amines is 1. The second-order valence-electron chi connectivity index (χ2n) is 8.40. The molecule has 33 heavy (non-hydrogen) atoms. The molecule has 0 aliphatic rings. The van der Waals surface area contributed by atoms with Crippen molar-refractivity contribution in [2.75, 3.05) is 6.54 Å². The second kappa shape index (κ2) is 10.5. The van der Waals surface area contributed by atoms with Gasteiger partial charge in [0.05, 0.1) is 12.1 Å². The molecular formula is C28H29N3OS. The summed E-state index contributed by atoms with van der Waals surface area (Å²) in [6, 6.07) is 26.7. The van der Waals surface area contributed by atoms with Crippen LogP contribution in [0.15, 0.2) is 83.7 Å². The van der Waals surface area contributed by atoms with E-state index in [1.807, 2.05) is 49.4 Å². The van der Waals surface area contributed by atoms with Crippen molar-refractivity contribution in [2.24, 2.45) is 0 Å². The molecule has 168 valence electrons. The van der Waals surface area contributed by atoms with E-state index in [4.69, 9.17) is 12.2 Å².